The van der Waals surface area contributed by atoms with Gasteiger partial charge in [0.05, 0.1) is 12.7 Å². The van der Waals surface area contributed by atoms with Gasteiger partial charge in [0, 0.05) is 23.5 Å². The van der Waals surface area contributed by atoms with Crippen molar-refractivity contribution in [2.45, 2.75) is 47.1 Å². The van der Waals surface area contributed by atoms with E-state index in [1.807, 2.05) is 20.8 Å². The van der Waals surface area contributed by atoms with E-state index in [-0.39, 0.29) is 5.41 Å². The molecule has 17 heavy (non-hydrogen) atoms. The Morgan fingerprint density at radius 3 is 2.47 bits per heavy atom. The minimum atomic E-state index is -0.523. The van der Waals surface area contributed by atoms with Gasteiger partial charge in [-0.05, 0) is 34.6 Å². The van der Waals surface area contributed by atoms with Crippen molar-refractivity contribution in [1.82, 2.24) is 0 Å². The van der Waals surface area contributed by atoms with Gasteiger partial charge in [0.1, 0.15) is 0 Å². The number of carbonyl (C=O) groups excluding carboxylic acids is 1. The number of ether oxygens (including phenoxy) is 1. The summed E-state index contributed by atoms with van der Waals surface area (Å²) in [5, 5.41) is 9.33. The molecule has 0 saturated heterocycles. The number of aliphatic hydroxyl groups is 1. The summed E-state index contributed by atoms with van der Waals surface area (Å²) in [5.74, 6) is 5.56. The van der Waals surface area contributed by atoms with Crippen LogP contribution >= 0.6 is 0 Å². The molecule has 3 heteroatoms. The predicted octanol–water partition coefficient (Wildman–Crippen LogP) is 2.30. The molecule has 0 aromatic carbocycles. The van der Waals surface area contributed by atoms with Crippen LogP contribution in [0.2, 0.25) is 0 Å². The highest BCUT2D eigenvalue weighted by Gasteiger charge is 2.07. The number of hydrogen-bond donors (Lipinski definition) is 1. The summed E-state index contributed by atoms with van der Waals surface area (Å²) in [6, 6.07) is 0. The summed E-state index contributed by atoms with van der Waals surface area (Å²) < 4.78 is 4.82. The molecule has 0 aliphatic carbocycles. The Morgan fingerprint density at radius 2 is 2.06 bits per heavy atom. The molecule has 0 amide bonds. The van der Waals surface area contributed by atoms with Crippen LogP contribution in [0.15, 0.2) is 11.6 Å². The van der Waals surface area contributed by atoms with Gasteiger partial charge in [0.25, 0.3) is 0 Å². The van der Waals surface area contributed by atoms with Crippen LogP contribution in [0.3, 0.4) is 0 Å². The molecular formula is C14H22O3. The lowest BCUT2D eigenvalue weighted by atomic mass is 9.96. The van der Waals surface area contributed by atoms with Crippen LogP contribution in [0.25, 0.3) is 0 Å². The van der Waals surface area contributed by atoms with Crippen molar-refractivity contribution >= 4 is 5.97 Å². The fourth-order valence-electron chi connectivity index (χ4n) is 1.06. The van der Waals surface area contributed by atoms with Gasteiger partial charge in [-0.15, -0.1) is 0 Å². The third-order valence-corrected chi connectivity index (χ3v) is 1.69. The zero-order chi connectivity index (χ0) is 13.5. The maximum atomic E-state index is 11.3. The average Bonchev–Trinajstić information content (AvgIpc) is 2.12. The lowest BCUT2D eigenvalue weighted by Crippen LogP contribution is -2.06. The highest BCUT2D eigenvalue weighted by Crippen LogP contribution is 2.12. The molecule has 0 aliphatic rings. The van der Waals surface area contributed by atoms with E-state index >= 15 is 0 Å². The molecule has 1 atom stereocenters. The standard InChI is InChI=1S/C14H22O3/c1-6-17-13(16)10-12(9-11(2)15)7-8-14(3,4)5/h10-11,15H,6,9H2,1-5H3/b12-10-. The van der Waals surface area contributed by atoms with Gasteiger partial charge in [-0.2, -0.15) is 0 Å². The Hall–Kier alpha value is -1.27. The topological polar surface area (TPSA) is 46.5 Å². The molecule has 3 nitrogen and oxygen atoms in total. The van der Waals surface area contributed by atoms with Crippen LogP contribution in [-0.4, -0.2) is 23.8 Å². The maximum absolute atomic E-state index is 11.3. The van der Waals surface area contributed by atoms with E-state index in [9.17, 15) is 9.90 Å². The SMILES string of the molecule is CCOC(=O)/C=C(/C#CC(C)(C)C)CC(C)O. The largest absolute Gasteiger partial charge is 0.463 e. The summed E-state index contributed by atoms with van der Waals surface area (Å²) in [6.07, 6.45) is 1.20. The minimum absolute atomic E-state index is 0.132. The first kappa shape index (κ1) is 15.7. The normalized spacial score (nSPS) is 13.6. The minimum Gasteiger partial charge on any atom is -0.463 e. The van der Waals surface area contributed by atoms with E-state index < -0.39 is 12.1 Å². The summed E-state index contributed by atoms with van der Waals surface area (Å²) in [4.78, 5) is 11.3. The lowest BCUT2D eigenvalue weighted by Gasteiger charge is -2.08. The molecule has 0 aliphatic heterocycles. The van der Waals surface area contributed by atoms with Crippen molar-refractivity contribution in [3.8, 4) is 11.8 Å². The second-order valence-electron chi connectivity index (χ2n) is 4.97. The molecule has 96 valence electrons. The average molecular weight is 238 g/mol. The van der Waals surface area contributed by atoms with E-state index in [4.69, 9.17) is 4.74 Å². The van der Waals surface area contributed by atoms with Crippen molar-refractivity contribution < 1.29 is 14.6 Å². The number of esters is 1. The molecule has 0 aromatic rings. The van der Waals surface area contributed by atoms with Crippen LogP contribution in [0.4, 0.5) is 0 Å². The first-order valence-corrected chi connectivity index (χ1v) is 5.83. The van der Waals surface area contributed by atoms with Crippen molar-refractivity contribution in [3.63, 3.8) is 0 Å². The number of carbonyl (C=O) groups is 1. The molecule has 0 saturated carbocycles. The van der Waals surface area contributed by atoms with Gasteiger partial charge in [-0.25, -0.2) is 4.79 Å². The number of rotatable bonds is 4. The van der Waals surface area contributed by atoms with Gasteiger partial charge in [0.15, 0.2) is 0 Å². The summed E-state index contributed by atoms with van der Waals surface area (Å²) >= 11 is 0. The maximum Gasteiger partial charge on any atom is 0.331 e. The predicted molar refractivity (Wildman–Crippen MR) is 68.2 cm³/mol. The smallest absolute Gasteiger partial charge is 0.331 e. The first-order chi connectivity index (χ1) is 7.74. The van der Waals surface area contributed by atoms with Crippen LogP contribution in [0.1, 0.15) is 41.0 Å². The number of hydrogen-bond acceptors (Lipinski definition) is 3. The zero-order valence-electron chi connectivity index (χ0n) is 11.3. The Balaban J connectivity index is 4.86. The van der Waals surface area contributed by atoms with E-state index in [1.54, 1.807) is 13.8 Å². The van der Waals surface area contributed by atoms with Crippen molar-refractivity contribution in [1.29, 1.82) is 0 Å². The molecule has 0 spiro atoms. The number of aliphatic hydroxyl groups excluding tert-OH is 1. The molecule has 0 rings (SSSR count). The Bertz CT molecular complexity index is 335. The van der Waals surface area contributed by atoms with Crippen LogP contribution in [0.5, 0.6) is 0 Å². The summed E-state index contributed by atoms with van der Waals surface area (Å²) in [5.41, 5.74) is 0.472. The fraction of sp³-hybridized carbons (Fsp3) is 0.643. The summed E-state index contributed by atoms with van der Waals surface area (Å²) in [6.45, 7) is 9.72. The van der Waals surface area contributed by atoms with Crippen molar-refractivity contribution in [2.24, 2.45) is 5.41 Å². The molecule has 0 radical (unpaired) electrons. The third kappa shape index (κ3) is 9.65. The quantitative estimate of drug-likeness (QED) is 0.464. The Morgan fingerprint density at radius 1 is 1.47 bits per heavy atom. The van der Waals surface area contributed by atoms with Crippen LogP contribution in [0, 0.1) is 17.3 Å². The Labute approximate surface area is 104 Å². The van der Waals surface area contributed by atoms with Crippen molar-refractivity contribution in [2.75, 3.05) is 6.61 Å². The van der Waals surface area contributed by atoms with Gasteiger partial charge in [-0.1, -0.05) is 11.8 Å². The van der Waals surface area contributed by atoms with E-state index in [0.717, 1.165) is 0 Å². The molecule has 0 fully saturated rings. The molecular weight excluding hydrogens is 216 g/mol. The zero-order valence-corrected chi connectivity index (χ0v) is 11.3. The summed E-state index contributed by atoms with van der Waals surface area (Å²) in [7, 11) is 0. The second-order valence-corrected chi connectivity index (χ2v) is 4.97. The van der Waals surface area contributed by atoms with Gasteiger partial charge >= 0.3 is 5.97 Å². The van der Waals surface area contributed by atoms with E-state index in [0.29, 0.717) is 18.6 Å². The lowest BCUT2D eigenvalue weighted by molar-refractivity contribution is -0.137. The molecule has 1 N–H and O–H groups in total. The van der Waals surface area contributed by atoms with E-state index in [1.165, 1.54) is 6.08 Å². The highest BCUT2D eigenvalue weighted by atomic mass is 16.5. The molecule has 0 heterocycles. The monoisotopic (exact) mass is 238 g/mol. The molecule has 0 bridgehead atoms. The van der Waals surface area contributed by atoms with Crippen molar-refractivity contribution in [3.05, 3.63) is 11.6 Å². The first-order valence-electron chi connectivity index (χ1n) is 5.83. The molecule has 0 aromatic heterocycles. The van der Waals surface area contributed by atoms with Gasteiger partial charge in [-0.3, -0.25) is 0 Å². The fourth-order valence-corrected chi connectivity index (χ4v) is 1.06. The highest BCUT2D eigenvalue weighted by molar-refractivity contribution is 5.83. The second kappa shape index (κ2) is 7.13. The van der Waals surface area contributed by atoms with Crippen LogP contribution in [-0.2, 0) is 9.53 Å². The third-order valence-electron chi connectivity index (χ3n) is 1.69. The van der Waals surface area contributed by atoms with E-state index in [2.05, 4.69) is 11.8 Å². The van der Waals surface area contributed by atoms with Gasteiger partial charge < -0.3 is 9.84 Å². The van der Waals surface area contributed by atoms with Gasteiger partial charge in [0.2, 0.25) is 0 Å². The molecule has 1 unspecified atom stereocenters. The van der Waals surface area contributed by atoms with Crippen LogP contribution < -0.4 is 0 Å². The Kier molecular flexibility index (Phi) is 6.60.